The second-order valence-corrected chi connectivity index (χ2v) is 7.64. The molecule has 1 atom stereocenters. The fraction of sp³-hybridized carbons (Fsp3) is 0.0909. The van der Waals surface area contributed by atoms with Gasteiger partial charge in [0.25, 0.3) is 0 Å². The molecule has 3 rings (SSSR count). The molecule has 0 aliphatic carbocycles. The molecule has 0 amide bonds. The van der Waals surface area contributed by atoms with E-state index >= 15 is 0 Å². The zero-order chi connectivity index (χ0) is 17.5. The second kappa shape index (κ2) is 9.14. The third-order valence-corrected chi connectivity index (χ3v) is 5.01. The minimum Gasteiger partial charge on any atom is -0.303 e. The summed E-state index contributed by atoms with van der Waals surface area (Å²) in [6, 6.07) is 27.4. The van der Waals surface area contributed by atoms with Crippen LogP contribution in [0.2, 0.25) is 0 Å². The molecule has 1 N–H and O–H groups in total. The van der Waals surface area contributed by atoms with Crippen LogP contribution in [0.15, 0.2) is 93.9 Å². The van der Waals surface area contributed by atoms with Crippen LogP contribution < -0.4 is 5.32 Å². The number of halogens is 2. The molecule has 3 aromatic rings. The van der Waals surface area contributed by atoms with Crippen molar-refractivity contribution < 1.29 is 0 Å². The van der Waals surface area contributed by atoms with Gasteiger partial charge in [-0.1, -0.05) is 98.6 Å². The maximum absolute atomic E-state index is 3.64. The molecule has 0 radical (unpaired) electrons. The zero-order valence-corrected chi connectivity index (χ0v) is 16.9. The van der Waals surface area contributed by atoms with Crippen LogP contribution in [-0.4, -0.2) is 0 Å². The van der Waals surface area contributed by atoms with Crippen molar-refractivity contribution >= 4 is 37.9 Å². The average molecular weight is 457 g/mol. The quantitative estimate of drug-likeness (QED) is 0.432. The molecule has 0 saturated carbocycles. The predicted octanol–water partition coefficient (Wildman–Crippen LogP) is 6.76. The fourth-order valence-corrected chi connectivity index (χ4v) is 3.10. The van der Waals surface area contributed by atoms with Gasteiger partial charge in [-0.15, -0.1) is 0 Å². The van der Waals surface area contributed by atoms with Gasteiger partial charge in [-0.05, 0) is 41.0 Å². The van der Waals surface area contributed by atoms with E-state index in [0.717, 1.165) is 15.5 Å². The largest absolute Gasteiger partial charge is 0.303 e. The Morgan fingerprint density at radius 2 is 1.36 bits per heavy atom. The average Bonchev–Trinajstić information content (AvgIpc) is 2.65. The topological polar surface area (TPSA) is 12.0 Å². The second-order valence-electron chi connectivity index (χ2n) is 5.81. The molecular formula is C22H19Br2N. The van der Waals surface area contributed by atoms with E-state index in [4.69, 9.17) is 0 Å². The van der Waals surface area contributed by atoms with Crippen molar-refractivity contribution in [1.82, 2.24) is 5.32 Å². The molecule has 0 saturated heterocycles. The van der Waals surface area contributed by atoms with Gasteiger partial charge >= 0.3 is 0 Å². The summed E-state index contributed by atoms with van der Waals surface area (Å²) in [6.07, 6.45) is 4.38. The monoisotopic (exact) mass is 455 g/mol. The third kappa shape index (κ3) is 5.67. The Hall–Kier alpha value is -1.68. The molecule has 0 spiro atoms. The number of hydrogen-bond acceptors (Lipinski definition) is 1. The van der Waals surface area contributed by atoms with Crippen LogP contribution in [0, 0.1) is 0 Å². The van der Waals surface area contributed by atoms with Crippen molar-refractivity contribution in [1.29, 1.82) is 0 Å². The summed E-state index contributed by atoms with van der Waals surface area (Å²) in [7, 11) is 0. The van der Waals surface area contributed by atoms with Crippen LogP contribution in [-0.2, 0) is 6.54 Å². The van der Waals surface area contributed by atoms with Crippen molar-refractivity contribution in [2.24, 2.45) is 0 Å². The number of rotatable bonds is 6. The SMILES string of the molecule is Brc1ccc(/C=C/[C@@H](NCc2ccccc2)c2ccc(Br)cc2)cc1. The van der Waals surface area contributed by atoms with Gasteiger partial charge in [0, 0.05) is 15.5 Å². The third-order valence-electron chi connectivity index (χ3n) is 3.95. The molecule has 0 aromatic heterocycles. The highest BCUT2D eigenvalue weighted by Crippen LogP contribution is 2.20. The molecule has 3 heteroatoms. The lowest BCUT2D eigenvalue weighted by atomic mass is 10.0. The lowest BCUT2D eigenvalue weighted by Gasteiger charge is -2.16. The highest BCUT2D eigenvalue weighted by Gasteiger charge is 2.07. The lowest BCUT2D eigenvalue weighted by Crippen LogP contribution is -2.19. The molecular weight excluding hydrogens is 438 g/mol. The van der Waals surface area contributed by atoms with E-state index in [1.807, 2.05) is 6.07 Å². The van der Waals surface area contributed by atoms with Crippen molar-refractivity contribution in [3.8, 4) is 0 Å². The van der Waals surface area contributed by atoms with Gasteiger partial charge in [0.2, 0.25) is 0 Å². The van der Waals surface area contributed by atoms with Crippen LogP contribution in [0.5, 0.6) is 0 Å². The van der Waals surface area contributed by atoms with Gasteiger partial charge < -0.3 is 5.32 Å². The van der Waals surface area contributed by atoms with Crippen LogP contribution in [0.1, 0.15) is 22.7 Å². The van der Waals surface area contributed by atoms with E-state index in [-0.39, 0.29) is 6.04 Å². The maximum atomic E-state index is 3.64. The van der Waals surface area contributed by atoms with E-state index in [1.165, 1.54) is 16.7 Å². The number of nitrogens with one attached hydrogen (secondary N) is 1. The standard InChI is InChI=1S/C22H19Br2N/c23-20-11-6-17(7-12-20)8-15-22(19-9-13-21(24)14-10-19)25-16-18-4-2-1-3-5-18/h1-15,22,25H,16H2/b15-8+/t22-/m1/s1. The van der Waals surface area contributed by atoms with Gasteiger partial charge in [-0.3, -0.25) is 0 Å². The van der Waals surface area contributed by atoms with Crippen LogP contribution in [0.25, 0.3) is 6.08 Å². The van der Waals surface area contributed by atoms with Crippen LogP contribution in [0.3, 0.4) is 0 Å². The highest BCUT2D eigenvalue weighted by atomic mass is 79.9. The first-order chi connectivity index (χ1) is 12.2. The van der Waals surface area contributed by atoms with Gasteiger partial charge in [-0.2, -0.15) is 0 Å². The number of hydrogen-bond donors (Lipinski definition) is 1. The first-order valence-corrected chi connectivity index (χ1v) is 9.76. The summed E-state index contributed by atoms with van der Waals surface area (Å²) in [5.74, 6) is 0. The summed E-state index contributed by atoms with van der Waals surface area (Å²) in [5.41, 5.74) is 3.71. The summed E-state index contributed by atoms with van der Waals surface area (Å²) >= 11 is 6.99. The van der Waals surface area contributed by atoms with E-state index in [0.29, 0.717) is 0 Å². The molecule has 0 bridgehead atoms. The normalized spacial score (nSPS) is 12.4. The van der Waals surface area contributed by atoms with Crippen LogP contribution in [0.4, 0.5) is 0 Å². The molecule has 0 aliphatic heterocycles. The number of benzene rings is 3. The Morgan fingerprint density at radius 3 is 2.00 bits per heavy atom. The van der Waals surface area contributed by atoms with E-state index in [9.17, 15) is 0 Å². The van der Waals surface area contributed by atoms with Crippen LogP contribution >= 0.6 is 31.9 Å². The first kappa shape index (κ1) is 18.1. The Bertz CT molecular complexity index is 809. The summed E-state index contributed by atoms with van der Waals surface area (Å²) in [6.45, 7) is 0.826. The van der Waals surface area contributed by atoms with Crippen molar-refractivity contribution in [3.05, 3.63) is 111 Å². The highest BCUT2D eigenvalue weighted by molar-refractivity contribution is 9.10. The summed E-state index contributed by atoms with van der Waals surface area (Å²) < 4.78 is 2.19. The van der Waals surface area contributed by atoms with Gasteiger partial charge in [-0.25, -0.2) is 0 Å². The zero-order valence-electron chi connectivity index (χ0n) is 13.7. The Labute approximate surface area is 166 Å². The van der Waals surface area contributed by atoms with Crippen molar-refractivity contribution in [2.45, 2.75) is 12.6 Å². The van der Waals surface area contributed by atoms with Gasteiger partial charge in [0.1, 0.15) is 0 Å². The van der Waals surface area contributed by atoms with Gasteiger partial charge in [0.15, 0.2) is 0 Å². The first-order valence-electron chi connectivity index (χ1n) is 8.17. The molecule has 25 heavy (non-hydrogen) atoms. The van der Waals surface area contributed by atoms with Gasteiger partial charge in [0.05, 0.1) is 6.04 Å². The molecule has 0 heterocycles. The minimum absolute atomic E-state index is 0.150. The predicted molar refractivity (Wildman–Crippen MR) is 113 cm³/mol. The minimum atomic E-state index is 0.150. The molecule has 0 fully saturated rings. The molecule has 3 aromatic carbocycles. The molecule has 1 nitrogen and oxygen atoms in total. The van der Waals surface area contributed by atoms with Crippen molar-refractivity contribution in [3.63, 3.8) is 0 Å². The molecule has 0 unspecified atom stereocenters. The molecule has 126 valence electrons. The summed E-state index contributed by atoms with van der Waals surface area (Å²) in [5, 5.41) is 3.64. The Balaban J connectivity index is 1.78. The van der Waals surface area contributed by atoms with E-state index in [1.54, 1.807) is 0 Å². The van der Waals surface area contributed by atoms with E-state index in [2.05, 4.69) is 122 Å². The van der Waals surface area contributed by atoms with Crippen molar-refractivity contribution in [2.75, 3.05) is 0 Å². The summed E-state index contributed by atoms with van der Waals surface area (Å²) in [4.78, 5) is 0. The smallest absolute Gasteiger partial charge is 0.0512 e. The fourth-order valence-electron chi connectivity index (χ4n) is 2.57. The lowest BCUT2D eigenvalue weighted by molar-refractivity contribution is 0.622. The Kier molecular flexibility index (Phi) is 6.62. The molecule has 0 aliphatic rings. The van der Waals surface area contributed by atoms with E-state index < -0.39 is 0 Å². The Morgan fingerprint density at radius 1 is 0.760 bits per heavy atom. The maximum Gasteiger partial charge on any atom is 0.0512 e.